The number of nitrogens with two attached hydrogens (primary N) is 4. The van der Waals surface area contributed by atoms with Crippen LogP contribution in [-0.2, 0) is 127 Å². The molecule has 0 spiro atoms. The average Bonchev–Trinajstić information content (AvgIpc) is 1.67. The molecule has 0 fully saturated rings. The second-order valence-corrected chi connectivity index (χ2v) is 35.1. The lowest BCUT2D eigenvalue weighted by atomic mass is 10.2. The number of hydrogen-bond acceptors (Lipinski definition) is 34. The molecular formula is C77H106N22O20P4. The molecule has 0 radical (unpaired) electrons. The van der Waals surface area contributed by atoms with E-state index in [2.05, 4.69) is 70.0 Å². The number of rotatable bonds is 46. The molecule has 46 heteroatoms. The molecule has 12 aromatic rings. The Kier molecular flexibility index (Phi) is 38.4. The number of carbonyl (C=O) groups is 2. The molecule has 0 amide bonds. The highest BCUT2D eigenvalue weighted by Crippen LogP contribution is 2.51. The maximum atomic E-state index is 13.3. The number of aromatic amines is 2. The van der Waals surface area contributed by atoms with Crippen LogP contribution in [0.5, 0.6) is 11.8 Å². The smallest absolute Gasteiger partial charge is 0.356 e. The third-order valence-corrected chi connectivity index (χ3v) is 24.2. The summed E-state index contributed by atoms with van der Waals surface area (Å²) in [6.07, 6.45) is 6.80. The molecule has 42 nitrogen and oxygen atoms in total. The third-order valence-electron chi connectivity index (χ3n) is 17.3. The molecule has 0 aliphatic carbocycles. The molecule has 12 N–H and O–H groups in total. The lowest BCUT2D eigenvalue weighted by Gasteiger charge is -2.22. The number of nitrogen functional groups attached to an aromatic ring is 4. The number of carbonyl (C=O) groups excluding carboxylic acids is 2. The Balaban J connectivity index is 0.000000203. The summed E-state index contributed by atoms with van der Waals surface area (Å²) in [6, 6.07) is 36.3. The molecule has 0 aliphatic rings. The van der Waals surface area contributed by atoms with Crippen LogP contribution in [0.15, 0.2) is 156 Å². The number of nitrogens with one attached hydrogen (secondary N) is 4. The van der Waals surface area contributed by atoms with E-state index in [1.54, 1.807) is 44.8 Å². The van der Waals surface area contributed by atoms with Gasteiger partial charge in [0.25, 0.3) is 26.2 Å². The fraction of sp³-hybridized carbons (Fsp3) is 0.403. The first kappa shape index (κ1) is 97.7. The van der Waals surface area contributed by atoms with E-state index < -0.39 is 53.4 Å². The van der Waals surface area contributed by atoms with Gasteiger partial charge in [0.2, 0.25) is 35.6 Å². The van der Waals surface area contributed by atoms with Crippen molar-refractivity contribution in [2.75, 3.05) is 102 Å². The van der Waals surface area contributed by atoms with Crippen LogP contribution >= 0.6 is 30.2 Å². The van der Waals surface area contributed by atoms with Gasteiger partial charge in [-0.25, -0.2) is 30.1 Å². The Bertz CT molecular complexity index is 5310. The molecule has 8 heterocycles. The minimum absolute atomic E-state index is 0. The summed E-state index contributed by atoms with van der Waals surface area (Å²) in [5.74, 6) is 0.447. The number of imidazole rings is 4. The van der Waals surface area contributed by atoms with Crippen LogP contribution in [0, 0.1) is 0 Å². The summed E-state index contributed by atoms with van der Waals surface area (Å²) >= 11 is 0. The highest BCUT2D eigenvalue weighted by atomic mass is 31.2. The molecule has 0 saturated heterocycles. The highest BCUT2D eigenvalue weighted by molar-refractivity contribution is 7.57. The van der Waals surface area contributed by atoms with Crippen LogP contribution in [0.25, 0.3) is 44.7 Å². The zero-order chi connectivity index (χ0) is 87.7. The zero-order valence-electron chi connectivity index (χ0n) is 68.7. The predicted octanol–water partition coefficient (Wildman–Crippen LogP) is 10.4. The number of ether oxygens (including phenoxy) is 6. The average molecular weight is 1780 g/mol. The van der Waals surface area contributed by atoms with Crippen LogP contribution in [0.3, 0.4) is 0 Å². The van der Waals surface area contributed by atoms with E-state index >= 15 is 0 Å². The second-order valence-electron chi connectivity index (χ2n) is 26.9. The van der Waals surface area contributed by atoms with Crippen molar-refractivity contribution in [3.05, 3.63) is 190 Å². The van der Waals surface area contributed by atoms with Gasteiger partial charge in [0, 0.05) is 26.2 Å². The quantitative estimate of drug-likeness (QED) is 0.0130. The third kappa shape index (κ3) is 30.3. The number of anilines is 4. The highest BCUT2D eigenvalue weighted by Gasteiger charge is 2.31. The molecule has 4 aromatic carbocycles. The minimum atomic E-state index is -3.47. The van der Waals surface area contributed by atoms with Crippen molar-refractivity contribution in [3.8, 4) is 11.8 Å². The standard InChI is InChI=1S/2C19H25N6O5P.2C19H26N5O5P.CH4/c2*1-13(14(2)26)24-31(28,30-10-15-6-4-3-5-7-15)12-29-9-8-25-11-21-16-17(25)22-19(20)23-18(16)27;2*1-3-10-28-30(25,29-12-15-7-5-4-6-8-15)14-27-11-9-24-13-21-16-17(24)22-19(20)23-18(16)26-2;/h2*3-7,11,13H,8-10,12H2,1-2H3,(H,24,28)(H3,20,22,23,27);2*4-8,13H,3,9-12,14H2,1-2H3,(H2,20,22,23);1H4/t2*13-,31?;;;/m10.../s1. The molecule has 12 rings (SSSR count). The van der Waals surface area contributed by atoms with Gasteiger partial charge in [-0.05, 0) is 62.8 Å². The molecule has 6 atom stereocenters. The van der Waals surface area contributed by atoms with Crippen LogP contribution in [0.4, 0.5) is 23.8 Å². The second kappa shape index (κ2) is 48.3. The first-order valence-electron chi connectivity index (χ1n) is 38.4. The van der Waals surface area contributed by atoms with E-state index in [4.69, 9.17) is 78.5 Å². The number of fused-ring (bicyclic) bond motifs is 4. The number of H-pyrrole nitrogens is 2. The largest absolute Gasteiger partial charge is 0.479 e. The van der Waals surface area contributed by atoms with Gasteiger partial charge < -0.3 is 96.8 Å². The Labute approximate surface area is 708 Å². The van der Waals surface area contributed by atoms with E-state index in [1.165, 1.54) is 40.7 Å². The first-order valence-corrected chi connectivity index (χ1v) is 45.4. The van der Waals surface area contributed by atoms with Crippen LogP contribution in [0.1, 0.15) is 84.1 Å². The number of nitrogens with zero attached hydrogens (tertiary/aromatic N) is 14. The van der Waals surface area contributed by atoms with E-state index in [1.807, 2.05) is 135 Å². The van der Waals surface area contributed by atoms with Gasteiger partial charge in [0.05, 0.1) is 118 Å². The van der Waals surface area contributed by atoms with Gasteiger partial charge in [0.1, 0.15) is 37.0 Å². The summed E-state index contributed by atoms with van der Waals surface area (Å²) in [4.78, 5) is 92.9. The van der Waals surface area contributed by atoms with Gasteiger partial charge in [-0.15, -0.1) is 0 Å². The van der Waals surface area contributed by atoms with E-state index in [9.17, 15) is 37.4 Å². The molecule has 8 aromatic heterocycles. The van der Waals surface area contributed by atoms with Crippen molar-refractivity contribution < 1.29 is 83.4 Å². The molecule has 4 unspecified atom stereocenters. The van der Waals surface area contributed by atoms with Crippen LogP contribution in [-0.4, -0.2) is 181 Å². The summed E-state index contributed by atoms with van der Waals surface area (Å²) in [5, 5.41) is 5.53. The zero-order valence-corrected chi connectivity index (χ0v) is 72.3. The van der Waals surface area contributed by atoms with Gasteiger partial charge in [-0.2, -0.15) is 29.9 Å². The maximum absolute atomic E-state index is 13.3. The van der Waals surface area contributed by atoms with E-state index in [0.29, 0.717) is 84.8 Å². The number of Topliss-reactive ketones (excluding diaryl/α,β-unsaturated/α-hetero) is 2. The lowest BCUT2D eigenvalue weighted by molar-refractivity contribution is -0.119. The van der Waals surface area contributed by atoms with Crippen molar-refractivity contribution in [2.24, 2.45) is 0 Å². The maximum Gasteiger partial charge on any atom is 0.356 e. The summed E-state index contributed by atoms with van der Waals surface area (Å²) in [7, 11) is -10.7. The number of methoxy groups -OCH3 is 2. The molecule has 0 saturated carbocycles. The first-order chi connectivity index (χ1) is 58.6. The van der Waals surface area contributed by atoms with Gasteiger partial charge in [0.15, 0.2) is 44.7 Å². The van der Waals surface area contributed by atoms with Crippen LogP contribution < -0.4 is 53.7 Å². The number of hydrogen-bond donors (Lipinski definition) is 8. The van der Waals surface area contributed by atoms with Crippen molar-refractivity contribution in [1.29, 1.82) is 0 Å². The molecular weight excluding hydrogens is 1680 g/mol. The summed E-state index contributed by atoms with van der Waals surface area (Å²) in [5.41, 5.74) is 28.4. The molecule has 123 heavy (non-hydrogen) atoms. The van der Waals surface area contributed by atoms with E-state index in [0.717, 1.165) is 35.1 Å². The van der Waals surface area contributed by atoms with Crippen molar-refractivity contribution in [1.82, 2.24) is 88.3 Å². The minimum Gasteiger partial charge on any atom is -0.479 e. The SMILES string of the molecule is C.CC(=O)[C@@H](C)NP(=O)(COCCn1cnc2c(=O)[nH]c(N)nc21)OCc1ccccc1.CC(=O)[C@H](C)NP(=O)(COCCn1cnc2c(=O)[nH]c(N)nc21)OCc1ccccc1.CCCOP(=O)(COCCn1cnc2c(OC)nc(N)nc21)OCc1ccccc1.CCCOP(=O)(COCCn1cnc2c(OC)nc(N)nc21)OCc1ccccc1. The lowest BCUT2D eigenvalue weighted by Crippen LogP contribution is -2.32. The Morgan fingerprint density at radius 3 is 0.984 bits per heavy atom. The Morgan fingerprint density at radius 1 is 0.407 bits per heavy atom. The van der Waals surface area contributed by atoms with Crippen molar-refractivity contribution >= 4 is 110 Å². The van der Waals surface area contributed by atoms with E-state index in [-0.39, 0.29) is 132 Å². The van der Waals surface area contributed by atoms with Gasteiger partial charge in [-0.3, -0.25) is 47.4 Å². The van der Waals surface area contributed by atoms with Crippen molar-refractivity contribution in [3.63, 3.8) is 0 Å². The predicted molar refractivity (Wildman–Crippen MR) is 462 cm³/mol. The fourth-order valence-corrected chi connectivity index (χ4v) is 17.0. The van der Waals surface area contributed by atoms with Gasteiger partial charge in [-0.1, -0.05) is 143 Å². The van der Waals surface area contributed by atoms with Crippen molar-refractivity contribution in [2.45, 2.75) is 127 Å². The normalized spacial score (nSPS) is 13.8. The van der Waals surface area contributed by atoms with Crippen LogP contribution in [0.2, 0.25) is 0 Å². The fourth-order valence-electron chi connectivity index (χ4n) is 10.8. The monoisotopic (exact) mass is 1780 g/mol. The molecule has 0 aliphatic heterocycles. The topological polar surface area (TPSA) is 556 Å². The Morgan fingerprint density at radius 2 is 0.691 bits per heavy atom. The van der Waals surface area contributed by atoms with Gasteiger partial charge >= 0.3 is 15.2 Å². The number of benzene rings is 4. The summed E-state index contributed by atoms with van der Waals surface area (Å²) in [6.45, 7) is 13.4. The Hall–Kier alpha value is -10.7. The molecule has 0 bridgehead atoms. The molecule has 664 valence electrons. The summed E-state index contributed by atoms with van der Waals surface area (Å²) < 4.78 is 126. The number of aromatic nitrogens is 16. The number of ketones is 2.